The fourth-order valence-electron chi connectivity index (χ4n) is 2.13. The highest BCUT2D eigenvalue weighted by Gasteiger charge is 2.15. The molecule has 9 nitrogen and oxygen atoms in total. The van der Waals surface area contributed by atoms with Gasteiger partial charge in [-0.25, -0.2) is 0 Å². The van der Waals surface area contributed by atoms with Crippen molar-refractivity contribution in [3.8, 4) is 11.5 Å². The van der Waals surface area contributed by atoms with Gasteiger partial charge in [0.25, 0.3) is 5.56 Å². The molecule has 4 rings (SSSR count). The van der Waals surface area contributed by atoms with Gasteiger partial charge in [0.05, 0.1) is 5.75 Å². The normalized spacial score (nSPS) is 12.5. The summed E-state index contributed by atoms with van der Waals surface area (Å²) in [6.07, 6.45) is 0. The lowest BCUT2D eigenvalue weighted by atomic mass is 10.3. The summed E-state index contributed by atoms with van der Waals surface area (Å²) < 4.78 is 12.3. The number of ether oxygens (including phenoxy) is 2. The number of thioether (sulfide) groups is 1. The molecule has 0 aliphatic carbocycles. The van der Waals surface area contributed by atoms with Crippen molar-refractivity contribution in [2.24, 2.45) is 0 Å². The van der Waals surface area contributed by atoms with E-state index >= 15 is 0 Å². The van der Waals surface area contributed by atoms with Crippen molar-refractivity contribution in [2.75, 3.05) is 17.9 Å². The molecule has 3 aromatic rings. The van der Waals surface area contributed by atoms with Crippen LogP contribution in [0.3, 0.4) is 0 Å². The van der Waals surface area contributed by atoms with Crippen molar-refractivity contribution in [1.29, 1.82) is 0 Å². The average molecular weight is 377 g/mol. The van der Waals surface area contributed by atoms with Gasteiger partial charge in [-0.2, -0.15) is 4.52 Å². The summed E-state index contributed by atoms with van der Waals surface area (Å²) in [7, 11) is 0. The summed E-state index contributed by atoms with van der Waals surface area (Å²) in [6.45, 7) is 1.76. The largest absolute Gasteiger partial charge is 0.454 e. The first-order chi connectivity index (χ1) is 12.1. The molecule has 0 saturated carbocycles. The van der Waals surface area contributed by atoms with E-state index in [0.717, 1.165) is 0 Å². The van der Waals surface area contributed by atoms with Gasteiger partial charge < -0.3 is 14.8 Å². The fraction of sp³-hybridized carbons (Fsp3) is 0.214. The number of carbonyl (C=O) groups is 1. The zero-order valence-electron chi connectivity index (χ0n) is 12.9. The molecule has 0 unspecified atom stereocenters. The molecular weight excluding hydrogens is 366 g/mol. The maximum atomic E-state index is 12.1. The van der Waals surface area contributed by atoms with E-state index < -0.39 is 0 Å². The van der Waals surface area contributed by atoms with Gasteiger partial charge in [-0.1, -0.05) is 23.1 Å². The molecule has 1 aromatic carbocycles. The Labute approximate surface area is 149 Å². The summed E-state index contributed by atoms with van der Waals surface area (Å²) >= 11 is 2.43. The van der Waals surface area contributed by atoms with Crippen LogP contribution in [0.2, 0.25) is 0 Å². The Morgan fingerprint density at radius 2 is 2.20 bits per heavy atom. The molecule has 0 bridgehead atoms. The Morgan fingerprint density at radius 3 is 3.08 bits per heavy atom. The maximum absolute atomic E-state index is 12.1. The highest BCUT2D eigenvalue weighted by atomic mass is 32.2. The van der Waals surface area contributed by atoms with E-state index in [1.807, 2.05) is 0 Å². The fourth-order valence-corrected chi connectivity index (χ4v) is 3.80. The first-order valence-corrected chi connectivity index (χ1v) is 8.96. The van der Waals surface area contributed by atoms with Crippen LogP contribution in [-0.4, -0.2) is 38.3 Å². The molecule has 0 fully saturated rings. The lowest BCUT2D eigenvalue weighted by Gasteiger charge is -2.05. The zero-order chi connectivity index (χ0) is 17.4. The molecule has 0 atom stereocenters. The van der Waals surface area contributed by atoms with Crippen LogP contribution in [0.1, 0.15) is 5.69 Å². The van der Waals surface area contributed by atoms with Crippen molar-refractivity contribution >= 4 is 39.7 Å². The summed E-state index contributed by atoms with van der Waals surface area (Å²) in [5.74, 6) is 1.21. The standard InChI is InChI=1S/C14H11N5O4S2/c1-7-12(21)19-13(17-16-7)25-14(18-19)24-5-11(20)15-8-2-3-9-10(4-8)23-6-22-9/h2-4H,5-6H2,1H3,(H,15,20). The van der Waals surface area contributed by atoms with Crippen molar-refractivity contribution in [1.82, 2.24) is 19.8 Å². The monoisotopic (exact) mass is 377 g/mol. The van der Waals surface area contributed by atoms with E-state index in [4.69, 9.17) is 9.47 Å². The van der Waals surface area contributed by atoms with Gasteiger partial charge in [0.15, 0.2) is 15.8 Å². The van der Waals surface area contributed by atoms with Crippen molar-refractivity contribution in [3.05, 3.63) is 34.2 Å². The minimum Gasteiger partial charge on any atom is -0.454 e. The van der Waals surface area contributed by atoms with Gasteiger partial charge in [-0.05, 0) is 19.1 Å². The van der Waals surface area contributed by atoms with Crippen LogP contribution in [0.15, 0.2) is 27.3 Å². The molecule has 1 aliphatic heterocycles. The topological polar surface area (TPSA) is 108 Å². The molecule has 1 aliphatic rings. The number of amides is 1. The second-order valence-electron chi connectivity index (χ2n) is 5.06. The van der Waals surface area contributed by atoms with Crippen molar-refractivity contribution in [2.45, 2.75) is 11.3 Å². The number of hydrogen-bond donors (Lipinski definition) is 1. The number of rotatable bonds is 4. The second kappa shape index (κ2) is 6.33. The summed E-state index contributed by atoms with van der Waals surface area (Å²) in [5.41, 5.74) is 0.592. The highest BCUT2D eigenvalue weighted by molar-refractivity contribution is 8.01. The molecule has 1 N–H and O–H groups in total. The summed E-state index contributed by atoms with van der Waals surface area (Å²) in [5, 5.41) is 14.6. The first-order valence-electron chi connectivity index (χ1n) is 7.15. The number of aromatic nitrogens is 4. The van der Waals surface area contributed by atoms with Crippen LogP contribution >= 0.6 is 23.1 Å². The van der Waals surface area contributed by atoms with Crippen molar-refractivity contribution in [3.63, 3.8) is 0 Å². The first kappa shape index (κ1) is 15.8. The van der Waals surface area contributed by atoms with Crippen LogP contribution in [-0.2, 0) is 4.79 Å². The minimum atomic E-state index is -0.307. The maximum Gasteiger partial charge on any atom is 0.296 e. The third-order valence-electron chi connectivity index (χ3n) is 3.31. The molecule has 0 radical (unpaired) electrons. The molecule has 128 valence electrons. The smallest absolute Gasteiger partial charge is 0.296 e. The lowest BCUT2D eigenvalue weighted by Crippen LogP contribution is -2.19. The number of carbonyl (C=O) groups excluding carboxylic acids is 1. The van der Waals surface area contributed by atoms with E-state index in [1.54, 1.807) is 25.1 Å². The van der Waals surface area contributed by atoms with E-state index in [-0.39, 0.29) is 29.7 Å². The molecule has 11 heteroatoms. The van der Waals surface area contributed by atoms with Gasteiger partial charge in [0.2, 0.25) is 17.7 Å². The Bertz CT molecular complexity index is 1030. The third kappa shape index (κ3) is 3.15. The number of nitrogens with zero attached hydrogens (tertiary/aromatic N) is 4. The van der Waals surface area contributed by atoms with Crippen LogP contribution in [0.25, 0.3) is 4.96 Å². The molecular formula is C14H11N5O4S2. The lowest BCUT2D eigenvalue weighted by molar-refractivity contribution is -0.113. The van der Waals surface area contributed by atoms with Gasteiger partial charge >= 0.3 is 0 Å². The van der Waals surface area contributed by atoms with Crippen molar-refractivity contribution < 1.29 is 14.3 Å². The third-order valence-corrected chi connectivity index (χ3v) is 5.34. The van der Waals surface area contributed by atoms with Gasteiger partial charge in [-0.15, -0.1) is 15.3 Å². The number of anilines is 1. The van der Waals surface area contributed by atoms with E-state index in [0.29, 0.717) is 26.5 Å². The predicted octanol–water partition coefficient (Wildman–Crippen LogP) is 1.31. The molecule has 25 heavy (non-hydrogen) atoms. The van der Waals surface area contributed by atoms with E-state index in [2.05, 4.69) is 20.6 Å². The number of fused-ring (bicyclic) bond motifs is 2. The van der Waals surface area contributed by atoms with E-state index in [9.17, 15) is 9.59 Å². The number of aryl methyl sites for hydroxylation is 1. The van der Waals surface area contributed by atoms with Gasteiger partial charge in [0, 0.05) is 11.8 Å². The van der Waals surface area contributed by atoms with Crippen LogP contribution in [0, 0.1) is 6.92 Å². The number of hydrogen-bond acceptors (Lipinski definition) is 9. The van der Waals surface area contributed by atoms with E-state index in [1.165, 1.54) is 27.6 Å². The Kier molecular flexibility index (Phi) is 4.01. The highest BCUT2D eigenvalue weighted by Crippen LogP contribution is 2.34. The molecule has 0 spiro atoms. The van der Waals surface area contributed by atoms with Crippen LogP contribution < -0.4 is 20.3 Å². The molecule has 0 saturated heterocycles. The Morgan fingerprint density at radius 1 is 1.36 bits per heavy atom. The zero-order valence-corrected chi connectivity index (χ0v) is 14.5. The average Bonchev–Trinajstić information content (AvgIpc) is 3.23. The van der Waals surface area contributed by atoms with Gasteiger partial charge in [0.1, 0.15) is 5.69 Å². The summed E-state index contributed by atoms with van der Waals surface area (Å²) in [6, 6.07) is 5.19. The minimum absolute atomic E-state index is 0.148. The predicted molar refractivity (Wildman–Crippen MR) is 91.6 cm³/mol. The molecule has 2 aromatic heterocycles. The molecule has 1 amide bonds. The van der Waals surface area contributed by atoms with Gasteiger partial charge in [-0.3, -0.25) is 9.59 Å². The number of nitrogens with one attached hydrogen (secondary N) is 1. The molecule has 3 heterocycles. The van der Waals surface area contributed by atoms with Crippen LogP contribution in [0.4, 0.5) is 5.69 Å². The summed E-state index contributed by atoms with van der Waals surface area (Å²) in [4.78, 5) is 24.4. The second-order valence-corrected chi connectivity index (χ2v) is 7.24. The van der Waals surface area contributed by atoms with Crippen LogP contribution in [0.5, 0.6) is 11.5 Å². The Balaban J connectivity index is 1.42. The number of benzene rings is 1. The Hall–Kier alpha value is -2.66. The SMILES string of the molecule is Cc1nnc2sc(SCC(=O)Nc3ccc4c(c3)OCO4)nn2c1=O. The quantitative estimate of drug-likeness (QED) is 0.678.